The van der Waals surface area contributed by atoms with E-state index in [9.17, 15) is 5.11 Å². The van der Waals surface area contributed by atoms with Crippen LogP contribution in [0.25, 0.3) is 0 Å². The average molecular weight is 465 g/mol. The first-order valence-corrected chi connectivity index (χ1v) is 10.1. The van der Waals surface area contributed by atoms with E-state index in [4.69, 9.17) is 9.73 Å². The number of ether oxygens (including phenoxy) is 1. The van der Waals surface area contributed by atoms with Gasteiger partial charge in [-0.2, -0.15) is 0 Å². The van der Waals surface area contributed by atoms with Gasteiger partial charge in [-0.25, -0.2) is 0 Å². The maximum absolute atomic E-state index is 10.3. The summed E-state index contributed by atoms with van der Waals surface area (Å²) in [7, 11) is 0. The number of piperidine rings is 1. The molecule has 3 aliphatic rings. The predicted octanol–water partition coefficient (Wildman–Crippen LogP) is 3.16. The van der Waals surface area contributed by atoms with E-state index < -0.39 is 5.60 Å². The van der Waals surface area contributed by atoms with E-state index in [1.54, 1.807) is 0 Å². The maximum Gasteiger partial charge on any atom is 0.194 e. The number of rotatable bonds is 6. The van der Waals surface area contributed by atoms with Gasteiger partial charge < -0.3 is 20.1 Å². The number of guanidine groups is 1. The van der Waals surface area contributed by atoms with Crippen LogP contribution in [-0.4, -0.2) is 60.5 Å². The summed E-state index contributed by atoms with van der Waals surface area (Å²) >= 11 is 0. The van der Waals surface area contributed by atoms with Gasteiger partial charge in [-0.15, -0.1) is 24.0 Å². The van der Waals surface area contributed by atoms with Crippen LogP contribution in [0.5, 0.6) is 0 Å². The highest BCUT2D eigenvalue weighted by molar-refractivity contribution is 14.0. The molecule has 5 nitrogen and oxygen atoms in total. The Balaban J connectivity index is 0.00000225. The van der Waals surface area contributed by atoms with E-state index in [1.807, 2.05) is 0 Å². The van der Waals surface area contributed by atoms with Crippen molar-refractivity contribution in [3.05, 3.63) is 0 Å². The van der Waals surface area contributed by atoms with Crippen molar-refractivity contribution in [3.8, 4) is 0 Å². The molecule has 0 aromatic carbocycles. The second-order valence-corrected chi connectivity index (χ2v) is 7.92. The summed E-state index contributed by atoms with van der Waals surface area (Å²) in [5.41, 5.74) is -0.538. The van der Waals surface area contributed by atoms with Gasteiger partial charge in [0.2, 0.25) is 0 Å². The largest absolute Gasteiger partial charge is 0.388 e. The molecule has 0 bridgehead atoms. The van der Waals surface area contributed by atoms with Gasteiger partial charge in [0.25, 0.3) is 0 Å². The molecule has 3 fully saturated rings. The van der Waals surface area contributed by atoms with Crippen molar-refractivity contribution < 1.29 is 9.84 Å². The molecule has 1 aliphatic heterocycles. The molecular formula is C19H36IN3O2. The van der Waals surface area contributed by atoms with Crippen LogP contribution in [0, 0.1) is 5.92 Å². The second-order valence-electron chi connectivity index (χ2n) is 7.92. The van der Waals surface area contributed by atoms with Crippen LogP contribution >= 0.6 is 24.0 Å². The number of hydrogen-bond donors (Lipinski definition) is 2. The van der Waals surface area contributed by atoms with Crippen molar-refractivity contribution in [2.24, 2.45) is 10.9 Å². The van der Waals surface area contributed by atoms with Gasteiger partial charge in [0, 0.05) is 26.2 Å². The quantitative estimate of drug-likeness (QED) is 0.360. The fourth-order valence-electron chi connectivity index (χ4n) is 4.07. The van der Waals surface area contributed by atoms with Crippen LogP contribution in [-0.2, 0) is 4.74 Å². The van der Waals surface area contributed by atoms with E-state index in [0.29, 0.717) is 12.6 Å². The van der Waals surface area contributed by atoms with Crippen LogP contribution in [0.4, 0.5) is 0 Å². The molecule has 1 heterocycles. The summed E-state index contributed by atoms with van der Waals surface area (Å²) in [5.74, 6) is 1.78. The van der Waals surface area contributed by atoms with Crippen LogP contribution in [0.2, 0.25) is 0 Å². The molecule has 146 valence electrons. The molecule has 6 heteroatoms. The molecule has 2 aliphatic carbocycles. The third-order valence-corrected chi connectivity index (χ3v) is 5.93. The second kappa shape index (κ2) is 10.3. The third-order valence-electron chi connectivity index (χ3n) is 5.93. The molecule has 0 amide bonds. The lowest BCUT2D eigenvalue weighted by molar-refractivity contribution is -0.0241. The molecule has 0 aromatic rings. The molecule has 0 aromatic heterocycles. The van der Waals surface area contributed by atoms with E-state index in [2.05, 4.69) is 17.1 Å². The summed E-state index contributed by atoms with van der Waals surface area (Å²) in [6.07, 6.45) is 11.0. The van der Waals surface area contributed by atoms with Crippen molar-refractivity contribution in [1.29, 1.82) is 0 Å². The standard InChI is InChI=1S/C19H35N3O2.HI/c1-2-20-18(21-15-19(23)10-5-11-19)22-12-8-17(9-13-22)24-14-16-6-3-4-7-16;/h16-17,23H,2-15H2,1H3,(H,20,21);1H. The Hall–Kier alpha value is -0.0800. The van der Waals surface area contributed by atoms with Gasteiger partial charge in [-0.3, -0.25) is 4.99 Å². The van der Waals surface area contributed by atoms with Crippen molar-refractivity contribution in [1.82, 2.24) is 10.2 Å². The van der Waals surface area contributed by atoms with Crippen molar-refractivity contribution in [3.63, 3.8) is 0 Å². The normalized spacial score (nSPS) is 24.7. The number of likely N-dealkylation sites (tertiary alicyclic amines) is 1. The Morgan fingerprint density at radius 2 is 1.84 bits per heavy atom. The smallest absolute Gasteiger partial charge is 0.194 e. The molecule has 2 saturated carbocycles. The van der Waals surface area contributed by atoms with Crippen LogP contribution < -0.4 is 5.32 Å². The van der Waals surface area contributed by atoms with Gasteiger partial charge in [-0.05, 0) is 57.8 Å². The Bertz CT molecular complexity index is 415. The SMILES string of the molecule is CCNC(=NCC1(O)CCC1)N1CCC(OCC2CCCC2)CC1.I. The van der Waals surface area contributed by atoms with Crippen molar-refractivity contribution >= 4 is 29.9 Å². The fourth-order valence-corrected chi connectivity index (χ4v) is 4.07. The first kappa shape index (κ1) is 21.2. The number of aliphatic imine (C=N–C) groups is 1. The lowest BCUT2D eigenvalue weighted by Gasteiger charge is -2.37. The highest BCUT2D eigenvalue weighted by Crippen LogP contribution is 2.31. The number of nitrogens with zero attached hydrogens (tertiary/aromatic N) is 2. The lowest BCUT2D eigenvalue weighted by atomic mass is 9.80. The molecular weight excluding hydrogens is 429 g/mol. The number of hydrogen-bond acceptors (Lipinski definition) is 3. The molecule has 0 radical (unpaired) electrons. The highest BCUT2D eigenvalue weighted by atomic mass is 127. The lowest BCUT2D eigenvalue weighted by Crippen LogP contribution is -2.48. The Morgan fingerprint density at radius 3 is 2.40 bits per heavy atom. The highest BCUT2D eigenvalue weighted by Gasteiger charge is 2.34. The van der Waals surface area contributed by atoms with Gasteiger partial charge >= 0.3 is 0 Å². The molecule has 0 unspecified atom stereocenters. The Kier molecular flexibility index (Phi) is 8.75. The maximum atomic E-state index is 10.3. The molecule has 3 rings (SSSR count). The number of nitrogens with one attached hydrogen (secondary N) is 1. The zero-order valence-electron chi connectivity index (χ0n) is 15.7. The first-order chi connectivity index (χ1) is 11.7. The molecule has 1 saturated heterocycles. The van der Waals surface area contributed by atoms with Gasteiger partial charge in [0.05, 0.1) is 18.2 Å². The van der Waals surface area contributed by atoms with Gasteiger partial charge in [0.15, 0.2) is 5.96 Å². The zero-order chi connectivity index (χ0) is 16.8. The molecule has 2 N–H and O–H groups in total. The van der Waals surface area contributed by atoms with Crippen LogP contribution in [0.15, 0.2) is 4.99 Å². The van der Waals surface area contributed by atoms with Gasteiger partial charge in [0.1, 0.15) is 0 Å². The average Bonchev–Trinajstić information content (AvgIpc) is 3.09. The number of aliphatic hydroxyl groups is 1. The minimum Gasteiger partial charge on any atom is -0.388 e. The summed E-state index contributed by atoms with van der Waals surface area (Å²) in [6, 6.07) is 0. The summed E-state index contributed by atoms with van der Waals surface area (Å²) in [4.78, 5) is 7.04. The minimum absolute atomic E-state index is 0. The van der Waals surface area contributed by atoms with Crippen LogP contribution in [0.3, 0.4) is 0 Å². The van der Waals surface area contributed by atoms with Crippen molar-refractivity contribution in [2.45, 2.75) is 76.4 Å². The minimum atomic E-state index is -0.538. The molecule has 25 heavy (non-hydrogen) atoms. The first-order valence-electron chi connectivity index (χ1n) is 10.1. The van der Waals surface area contributed by atoms with Crippen LogP contribution in [0.1, 0.15) is 64.7 Å². The summed E-state index contributed by atoms with van der Waals surface area (Å²) in [5, 5.41) is 13.7. The molecule has 0 spiro atoms. The number of halogens is 1. The van der Waals surface area contributed by atoms with E-state index in [-0.39, 0.29) is 24.0 Å². The van der Waals surface area contributed by atoms with E-state index in [0.717, 1.165) is 70.2 Å². The Morgan fingerprint density at radius 1 is 1.16 bits per heavy atom. The third kappa shape index (κ3) is 6.24. The topological polar surface area (TPSA) is 57.1 Å². The monoisotopic (exact) mass is 465 g/mol. The predicted molar refractivity (Wildman–Crippen MR) is 113 cm³/mol. The Labute approximate surface area is 170 Å². The molecule has 0 atom stereocenters. The van der Waals surface area contributed by atoms with Gasteiger partial charge in [-0.1, -0.05) is 12.8 Å². The summed E-state index contributed by atoms with van der Waals surface area (Å²) in [6.45, 7) is 6.47. The van der Waals surface area contributed by atoms with Crippen molar-refractivity contribution in [2.75, 3.05) is 32.8 Å². The van der Waals surface area contributed by atoms with E-state index >= 15 is 0 Å². The summed E-state index contributed by atoms with van der Waals surface area (Å²) < 4.78 is 6.17. The fraction of sp³-hybridized carbons (Fsp3) is 0.947. The van der Waals surface area contributed by atoms with E-state index in [1.165, 1.54) is 25.7 Å². The zero-order valence-corrected chi connectivity index (χ0v) is 18.0.